The Kier molecular flexibility index (Phi) is 6.06. The maximum atomic E-state index is 13.3. The number of nitrogens with one attached hydrogen (secondary N) is 1. The molecule has 8 heteroatoms. The van der Waals surface area contributed by atoms with Crippen LogP contribution in [-0.2, 0) is 22.6 Å². The predicted molar refractivity (Wildman–Crippen MR) is 102 cm³/mol. The number of carbonyl (C=O) groups is 2. The molecule has 2 aromatic rings. The van der Waals surface area contributed by atoms with Gasteiger partial charge in [0.25, 0.3) is 6.43 Å². The molecule has 0 spiro atoms. The molecule has 0 unspecified atom stereocenters. The van der Waals surface area contributed by atoms with Crippen LogP contribution in [0.25, 0.3) is 0 Å². The van der Waals surface area contributed by atoms with E-state index >= 15 is 0 Å². The number of anilines is 2. The lowest BCUT2D eigenvalue weighted by molar-refractivity contribution is -0.117. The first kappa shape index (κ1) is 20.0. The maximum absolute atomic E-state index is 13.3. The third kappa shape index (κ3) is 4.74. The number of amides is 2. The SMILES string of the molecule is CC(C)Cn1cc(NC(=O)Cc2cccc(N3CCCC3=O)c2)c(C(F)F)n1. The normalized spacial score (nSPS) is 14.4. The van der Waals surface area contributed by atoms with E-state index in [0.717, 1.165) is 12.1 Å². The summed E-state index contributed by atoms with van der Waals surface area (Å²) in [6.07, 6.45) is 0.0437. The molecular formula is C20H24F2N4O2. The second kappa shape index (κ2) is 8.50. The Morgan fingerprint density at radius 2 is 2.11 bits per heavy atom. The third-order valence-electron chi connectivity index (χ3n) is 4.48. The smallest absolute Gasteiger partial charge is 0.284 e. The van der Waals surface area contributed by atoms with Crippen LogP contribution >= 0.6 is 0 Å². The van der Waals surface area contributed by atoms with E-state index in [-0.39, 0.29) is 23.9 Å². The topological polar surface area (TPSA) is 67.2 Å². The van der Waals surface area contributed by atoms with E-state index in [2.05, 4.69) is 10.4 Å². The highest BCUT2D eigenvalue weighted by Gasteiger charge is 2.23. The molecule has 1 fully saturated rings. The van der Waals surface area contributed by atoms with E-state index in [4.69, 9.17) is 0 Å². The van der Waals surface area contributed by atoms with Crippen LogP contribution in [0, 0.1) is 5.92 Å². The fraction of sp³-hybridized carbons (Fsp3) is 0.450. The minimum absolute atomic E-state index is 0.0217. The van der Waals surface area contributed by atoms with Crippen molar-refractivity contribution >= 4 is 23.2 Å². The van der Waals surface area contributed by atoms with Crippen LogP contribution < -0.4 is 10.2 Å². The fourth-order valence-electron chi connectivity index (χ4n) is 3.30. The number of aromatic nitrogens is 2. The highest BCUT2D eigenvalue weighted by molar-refractivity contribution is 5.96. The Hall–Kier alpha value is -2.77. The van der Waals surface area contributed by atoms with Gasteiger partial charge in [-0.05, 0) is 30.0 Å². The van der Waals surface area contributed by atoms with Crippen LogP contribution in [0.5, 0.6) is 0 Å². The van der Waals surface area contributed by atoms with Gasteiger partial charge in [-0.3, -0.25) is 14.3 Å². The summed E-state index contributed by atoms with van der Waals surface area (Å²) in [5.41, 5.74) is 1.07. The molecule has 3 rings (SSSR count). The molecule has 1 saturated heterocycles. The summed E-state index contributed by atoms with van der Waals surface area (Å²) < 4.78 is 27.9. The van der Waals surface area contributed by atoms with E-state index in [9.17, 15) is 18.4 Å². The van der Waals surface area contributed by atoms with Gasteiger partial charge in [-0.2, -0.15) is 5.10 Å². The number of carbonyl (C=O) groups excluding carboxylic acids is 2. The standard InChI is InChI=1S/C20H24F2N4O2/c1-13(2)11-25-12-16(19(24-25)20(21)22)23-17(27)10-14-5-3-6-15(9-14)26-8-4-7-18(26)28/h3,5-6,9,12-13,20H,4,7-8,10-11H2,1-2H3,(H,23,27). The number of hydrogen-bond acceptors (Lipinski definition) is 3. The molecule has 0 bridgehead atoms. The summed E-state index contributed by atoms with van der Waals surface area (Å²) in [6, 6.07) is 7.18. The van der Waals surface area contributed by atoms with Crippen molar-refractivity contribution < 1.29 is 18.4 Å². The second-order valence-corrected chi connectivity index (χ2v) is 7.39. The molecule has 0 radical (unpaired) electrons. The van der Waals surface area contributed by atoms with Crippen LogP contribution in [0.2, 0.25) is 0 Å². The first-order chi connectivity index (χ1) is 13.3. The van der Waals surface area contributed by atoms with Crippen LogP contribution in [0.1, 0.15) is 44.4 Å². The first-order valence-corrected chi connectivity index (χ1v) is 9.38. The molecule has 6 nitrogen and oxygen atoms in total. The summed E-state index contributed by atoms with van der Waals surface area (Å²) in [7, 11) is 0. The van der Waals surface area contributed by atoms with E-state index < -0.39 is 18.0 Å². The molecule has 0 aliphatic carbocycles. The zero-order chi connectivity index (χ0) is 20.3. The second-order valence-electron chi connectivity index (χ2n) is 7.39. The lowest BCUT2D eigenvalue weighted by atomic mass is 10.1. The summed E-state index contributed by atoms with van der Waals surface area (Å²) in [5.74, 6) is -0.0957. The van der Waals surface area contributed by atoms with E-state index in [1.165, 1.54) is 10.9 Å². The zero-order valence-electron chi connectivity index (χ0n) is 16.0. The lowest BCUT2D eigenvalue weighted by Crippen LogP contribution is -2.23. The Morgan fingerprint density at radius 1 is 1.32 bits per heavy atom. The van der Waals surface area contributed by atoms with Crippen molar-refractivity contribution in [2.75, 3.05) is 16.8 Å². The number of rotatable bonds is 7. The van der Waals surface area contributed by atoms with Crippen molar-refractivity contribution in [3.05, 3.63) is 41.7 Å². The summed E-state index contributed by atoms with van der Waals surface area (Å²) >= 11 is 0. The van der Waals surface area contributed by atoms with Gasteiger partial charge in [-0.1, -0.05) is 26.0 Å². The molecule has 0 saturated carbocycles. The van der Waals surface area contributed by atoms with Gasteiger partial charge < -0.3 is 10.2 Å². The van der Waals surface area contributed by atoms with Crippen LogP contribution in [0.15, 0.2) is 30.5 Å². The van der Waals surface area contributed by atoms with Crippen LogP contribution in [0.4, 0.5) is 20.2 Å². The Morgan fingerprint density at radius 3 is 2.75 bits per heavy atom. The summed E-state index contributed by atoms with van der Waals surface area (Å²) in [5, 5.41) is 6.44. The van der Waals surface area contributed by atoms with Gasteiger partial charge in [0.05, 0.1) is 12.1 Å². The average molecular weight is 390 g/mol. The predicted octanol–water partition coefficient (Wildman–Crippen LogP) is 3.78. The quantitative estimate of drug-likeness (QED) is 0.782. The van der Waals surface area contributed by atoms with Gasteiger partial charge >= 0.3 is 0 Å². The molecule has 1 N–H and O–H groups in total. The molecule has 1 aromatic carbocycles. The Balaban J connectivity index is 1.70. The zero-order valence-corrected chi connectivity index (χ0v) is 16.0. The van der Waals surface area contributed by atoms with Gasteiger partial charge in [-0.25, -0.2) is 8.78 Å². The van der Waals surface area contributed by atoms with E-state index in [1.807, 2.05) is 19.9 Å². The minimum Gasteiger partial charge on any atom is -0.323 e. The van der Waals surface area contributed by atoms with Gasteiger partial charge in [0.2, 0.25) is 11.8 Å². The van der Waals surface area contributed by atoms with Crippen molar-refractivity contribution in [3.63, 3.8) is 0 Å². The average Bonchev–Trinajstić information content (AvgIpc) is 3.20. The van der Waals surface area contributed by atoms with Gasteiger partial charge in [0.1, 0.15) is 0 Å². The number of alkyl halides is 2. The molecule has 1 aliphatic heterocycles. The minimum atomic E-state index is -2.77. The molecule has 1 aromatic heterocycles. The molecule has 2 heterocycles. The monoisotopic (exact) mass is 390 g/mol. The Labute approximate surface area is 162 Å². The first-order valence-electron chi connectivity index (χ1n) is 9.38. The highest BCUT2D eigenvalue weighted by Crippen LogP contribution is 2.26. The van der Waals surface area contributed by atoms with E-state index in [1.54, 1.807) is 23.1 Å². The van der Waals surface area contributed by atoms with Crippen molar-refractivity contribution in [1.29, 1.82) is 0 Å². The van der Waals surface area contributed by atoms with Crippen molar-refractivity contribution in [1.82, 2.24) is 9.78 Å². The van der Waals surface area contributed by atoms with Gasteiger partial charge in [0.15, 0.2) is 5.69 Å². The third-order valence-corrected chi connectivity index (χ3v) is 4.48. The number of hydrogen-bond donors (Lipinski definition) is 1. The van der Waals surface area contributed by atoms with Crippen molar-refractivity contribution in [2.45, 2.75) is 46.1 Å². The number of nitrogens with zero attached hydrogens (tertiary/aromatic N) is 3. The van der Waals surface area contributed by atoms with Crippen molar-refractivity contribution in [2.24, 2.45) is 5.92 Å². The molecule has 1 aliphatic rings. The molecule has 150 valence electrons. The van der Waals surface area contributed by atoms with Gasteiger partial charge in [0, 0.05) is 31.4 Å². The fourth-order valence-corrected chi connectivity index (χ4v) is 3.30. The summed E-state index contributed by atoms with van der Waals surface area (Å²) in [6.45, 7) is 5.07. The van der Waals surface area contributed by atoms with Gasteiger partial charge in [-0.15, -0.1) is 0 Å². The van der Waals surface area contributed by atoms with Crippen LogP contribution in [0.3, 0.4) is 0 Å². The largest absolute Gasteiger partial charge is 0.323 e. The number of benzene rings is 1. The van der Waals surface area contributed by atoms with E-state index in [0.29, 0.717) is 25.1 Å². The molecule has 28 heavy (non-hydrogen) atoms. The lowest BCUT2D eigenvalue weighted by Gasteiger charge is -2.16. The van der Waals surface area contributed by atoms with Crippen LogP contribution in [-0.4, -0.2) is 28.1 Å². The molecule has 2 amide bonds. The molecule has 0 atom stereocenters. The Bertz CT molecular complexity index is 864. The maximum Gasteiger partial charge on any atom is 0.284 e. The van der Waals surface area contributed by atoms with Crippen molar-refractivity contribution in [3.8, 4) is 0 Å². The number of halogens is 2. The highest BCUT2D eigenvalue weighted by atomic mass is 19.3. The summed E-state index contributed by atoms with van der Waals surface area (Å²) in [4.78, 5) is 26.0. The molecular weight excluding hydrogens is 366 g/mol.